The standard InChI is InChI=1S/C15H19N3O2S/c1-10(2)18-15(16-9-17-18)7-11(19)13-8-21-14-6-4-3-5-12(14)20-13/h3-6,9-11,13,19H,7-8H2,1-2H3. The first-order chi connectivity index (χ1) is 10.1. The Labute approximate surface area is 128 Å². The molecule has 0 saturated heterocycles. The Hall–Kier alpha value is -1.53. The first kappa shape index (κ1) is 14.4. The molecule has 2 unspecified atom stereocenters. The molecule has 0 radical (unpaired) electrons. The third-order valence-electron chi connectivity index (χ3n) is 3.49. The van der Waals surface area contributed by atoms with Gasteiger partial charge < -0.3 is 9.84 Å². The van der Waals surface area contributed by atoms with Crippen LogP contribution in [0.2, 0.25) is 0 Å². The molecule has 1 aliphatic rings. The molecule has 0 fully saturated rings. The molecule has 21 heavy (non-hydrogen) atoms. The Bertz CT molecular complexity index is 614. The average Bonchev–Trinajstić information content (AvgIpc) is 2.95. The summed E-state index contributed by atoms with van der Waals surface area (Å²) in [6, 6.07) is 8.16. The summed E-state index contributed by atoms with van der Waals surface area (Å²) in [5, 5.41) is 14.7. The maximum atomic E-state index is 10.5. The van der Waals surface area contributed by atoms with Gasteiger partial charge in [0.15, 0.2) is 0 Å². The Morgan fingerprint density at radius 3 is 3.05 bits per heavy atom. The van der Waals surface area contributed by atoms with Crippen molar-refractivity contribution in [1.82, 2.24) is 14.8 Å². The second kappa shape index (κ2) is 6.07. The number of ether oxygens (including phenoxy) is 1. The summed E-state index contributed by atoms with van der Waals surface area (Å²) < 4.78 is 7.75. The van der Waals surface area contributed by atoms with Gasteiger partial charge in [0, 0.05) is 23.1 Å². The van der Waals surface area contributed by atoms with Crippen molar-refractivity contribution in [2.45, 2.75) is 43.4 Å². The minimum atomic E-state index is -0.590. The van der Waals surface area contributed by atoms with Crippen LogP contribution < -0.4 is 4.74 Å². The van der Waals surface area contributed by atoms with E-state index in [1.54, 1.807) is 11.8 Å². The second-order valence-electron chi connectivity index (χ2n) is 5.40. The van der Waals surface area contributed by atoms with Gasteiger partial charge in [-0.2, -0.15) is 5.10 Å². The number of hydrogen-bond donors (Lipinski definition) is 1. The Morgan fingerprint density at radius 2 is 2.24 bits per heavy atom. The van der Waals surface area contributed by atoms with Crippen LogP contribution in [0.4, 0.5) is 0 Å². The third-order valence-corrected chi connectivity index (χ3v) is 4.63. The predicted molar refractivity (Wildman–Crippen MR) is 81.7 cm³/mol. The molecule has 1 aliphatic heterocycles. The van der Waals surface area contributed by atoms with Gasteiger partial charge in [-0.05, 0) is 26.0 Å². The van der Waals surface area contributed by atoms with Gasteiger partial charge in [0.25, 0.3) is 0 Å². The van der Waals surface area contributed by atoms with Crippen molar-refractivity contribution in [3.63, 3.8) is 0 Å². The third kappa shape index (κ3) is 3.06. The highest BCUT2D eigenvalue weighted by Crippen LogP contribution is 2.36. The minimum Gasteiger partial charge on any atom is -0.486 e. The fourth-order valence-electron chi connectivity index (χ4n) is 2.40. The van der Waals surface area contributed by atoms with Gasteiger partial charge in [-0.1, -0.05) is 12.1 Å². The van der Waals surface area contributed by atoms with Crippen LogP contribution in [0.25, 0.3) is 0 Å². The number of fused-ring (bicyclic) bond motifs is 1. The van der Waals surface area contributed by atoms with E-state index in [0.717, 1.165) is 22.2 Å². The van der Waals surface area contributed by atoms with Crippen LogP contribution in [0.1, 0.15) is 25.7 Å². The molecule has 0 amide bonds. The number of benzene rings is 1. The smallest absolute Gasteiger partial charge is 0.138 e. The molecule has 0 spiro atoms. The van der Waals surface area contributed by atoms with E-state index < -0.39 is 6.10 Å². The highest BCUT2D eigenvalue weighted by molar-refractivity contribution is 7.99. The van der Waals surface area contributed by atoms with E-state index in [1.165, 1.54) is 6.33 Å². The number of rotatable bonds is 4. The van der Waals surface area contributed by atoms with Gasteiger partial charge in [0.2, 0.25) is 0 Å². The molecule has 3 rings (SSSR count). The van der Waals surface area contributed by atoms with Crippen LogP contribution >= 0.6 is 11.8 Å². The molecule has 6 heteroatoms. The summed E-state index contributed by atoms with van der Waals surface area (Å²) in [6.45, 7) is 4.10. The lowest BCUT2D eigenvalue weighted by molar-refractivity contribution is 0.0446. The van der Waals surface area contributed by atoms with Gasteiger partial charge in [-0.3, -0.25) is 0 Å². The van der Waals surface area contributed by atoms with Gasteiger partial charge in [0.1, 0.15) is 24.0 Å². The molecule has 112 valence electrons. The van der Waals surface area contributed by atoms with E-state index in [1.807, 2.05) is 42.8 Å². The SMILES string of the molecule is CC(C)n1ncnc1CC(O)C1CSc2ccccc2O1. The first-order valence-corrected chi connectivity index (χ1v) is 8.08. The molecule has 1 N–H and O–H groups in total. The van der Waals surface area contributed by atoms with Crippen LogP contribution in [0.3, 0.4) is 0 Å². The summed E-state index contributed by atoms with van der Waals surface area (Å²) in [6.07, 6.45) is 1.18. The summed E-state index contributed by atoms with van der Waals surface area (Å²) >= 11 is 1.72. The summed E-state index contributed by atoms with van der Waals surface area (Å²) in [7, 11) is 0. The fraction of sp³-hybridized carbons (Fsp3) is 0.467. The molecule has 0 saturated carbocycles. The van der Waals surface area contributed by atoms with E-state index in [0.29, 0.717) is 6.42 Å². The van der Waals surface area contributed by atoms with Gasteiger partial charge >= 0.3 is 0 Å². The van der Waals surface area contributed by atoms with Crippen LogP contribution in [0, 0.1) is 0 Å². The zero-order valence-electron chi connectivity index (χ0n) is 12.1. The minimum absolute atomic E-state index is 0.220. The fourth-order valence-corrected chi connectivity index (χ4v) is 3.46. The largest absolute Gasteiger partial charge is 0.486 e. The van der Waals surface area contributed by atoms with Crippen LogP contribution in [0.5, 0.6) is 5.75 Å². The average molecular weight is 305 g/mol. The molecule has 5 nitrogen and oxygen atoms in total. The first-order valence-electron chi connectivity index (χ1n) is 7.10. The molecule has 0 aliphatic carbocycles. The summed E-state index contributed by atoms with van der Waals surface area (Å²) in [4.78, 5) is 5.38. The van der Waals surface area contributed by atoms with Crippen LogP contribution in [-0.4, -0.2) is 37.8 Å². The van der Waals surface area contributed by atoms with Crippen molar-refractivity contribution in [2.24, 2.45) is 0 Å². The van der Waals surface area contributed by atoms with Crippen molar-refractivity contribution in [2.75, 3.05) is 5.75 Å². The second-order valence-corrected chi connectivity index (χ2v) is 6.46. The zero-order chi connectivity index (χ0) is 14.8. The molecular weight excluding hydrogens is 286 g/mol. The van der Waals surface area contributed by atoms with Crippen molar-refractivity contribution >= 4 is 11.8 Å². The molecule has 2 atom stereocenters. The van der Waals surface area contributed by atoms with E-state index in [2.05, 4.69) is 10.1 Å². The highest BCUT2D eigenvalue weighted by Gasteiger charge is 2.28. The number of aromatic nitrogens is 3. The maximum absolute atomic E-state index is 10.5. The lowest BCUT2D eigenvalue weighted by atomic mass is 10.1. The molecule has 1 aromatic carbocycles. The topological polar surface area (TPSA) is 60.2 Å². The Kier molecular flexibility index (Phi) is 4.17. The van der Waals surface area contributed by atoms with Crippen molar-refractivity contribution in [3.8, 4) is 5.75 Å². The van der Waals surface area contributed by atoms with Crippen molar-refractivity contribution < 1.29 is 9.84 Å². The Balaban J connectivity index is 1.69. The number of aliphatic hydroxyl groups excluding tert-OH is 1. The molecular formula is C15H19N3O2S. The summed E-state index contributed by atoms with van der Waals surface area (Å²) in [5.41, 5.74) is 0. The quantitative estimate of drug-likeness (QED) is 0.939. The number of thioether (sulfide) groups is 1. The predicted octanol–water partition coefficient (Wildman–Crippen LogP) is 2.32. The van der Waals surface area contributed by atoms with Crippen molar-refractivity contribution in [1.29, 1.82) is 0 Å². The number of para-hydroxylation sites is 1. The van der Waals surface area contributed by atoms with Gasteiger partial charge in [-0.15, -0.1) is 11.8 Å². The normalized spacial score (nSPS) is 19.1. The molecule has 0 bridgehead atoms. The summed E-state index contributed by atoms with van der Waals surface area (Å²) in [5.74, 6) is 2.39. The maximum Gasteiger partial charge on any atom is 0.138 e. The van der Waals surface area contributed by atoms with E-state index in [4.69, 9.17) is 4.74 Å². The molecule has 1 aromatic heterocycles. The molecule has 2 aromatic rings. The lowest BCUT2D eigenvalue weighted by Gasteiger charge is -2.29. The van der Waals surface area contributed by atoms with Gasteiger partial charge in [0.05, 0.1) is 6.10 Å². The van der Waals surface area contributed by atoms with Crippen LogP contribution in [-0.2, 0) is 6.42 Å². The van der Waals surface area contributed by atoms with E-state index in [-0.39, 0.29) is 12.1 Å². The highest BCUT2D eigenvalue weighted by atomic mass is 32.2. The van der Waals surface area contributed by atoms with Gasteiger partial charge in [-0.25, -0.2) is 9.67 Å². The Morgan fingerprint density at radius 1 is 1.43 bits per heavy atom. The van der Waals surface area contributed by atoms with E-state index in [9.17, 15) is 5.11 Å². The molecule has 2 heterocycles. The number of hydrogen-bond acceptors (Lipinski definition) is 5. The number of aliphatic hydroxyl groups is 1. The van der Waals surface area contributed by atoms with Crippen LogP contribution in [0.15, 0.2) is 35.5 Å². The van der Waals surface area contributed by atoms with E-state index >= 15 is 0 Å². The van der Waals surface area contributed by atoms with Crippen molar-refractivity contribution in [3.05, 3.63) is 36.4 Å². The number of nitrogens with zero attached hydrogens (tertiary/aromatic N) is 3. The monoisotopic (exact) mass is 305 g/mol. The zero-order valence-corrected chi connectivity index (χ0v) is 13.0. The lowest BCUT2D eigenvalue weighted by Crippen LogP contribution is -2.38.